The summed E-state index contributed by atoms with van der Waals surface area (Å²) in [6.07, 6.45) is 5.08. The van der Waals surface area contributed by atoms with Gasteiger partial charge in [-0.1, -0.05) is 62.1 Å². The van der Waals surface area contributed by atoms with E-state index in [2.05, 4.69) is 66.0 Å². The highest BCUT2D eigenvalue weighted by Gasteiger charge is 2.39. The number of rotatable bonds is 8. The van der Waals surface area contributed by atoms with Crippen LogP contribution < -0.4 is 0 Å². The number of hydrogen-bond donors (Lipinski definition) is 0. The third-order valence-corrected chi connectivity index (χ3v) is 8.67. The van der Waals surface area contributed by atoms with Gasteiger partial charge in [0.15, 0.2) is 0 Å². The van der Waals surface area contributed by atoms with Gasteiger partial charge in [-0.05, 0) is 47.7 Å². The van der Waals surface area contributed by atoms with Crippen LogP contribution >= 0.6 is 0 Å². The molecule has 1 aliphatic carbocycles. The SMILES string of the molecule is C[Si](C)(C)CCOCn1ccc2c(-c3cccc(C4(CF)Cc5ccccc5C4)c3)ncnc21. The molecule has 6 heteroatoms. The van der Waals surface area contributed by atoms with Gasteiger partial charge in [0.25, 0.3) is 0 Å². The van der Waals surface area contributed by atoms with E-state index in [1.54, 1.807) is 6.33 Å². The predicted molar refractivity (Wildman–Crippen MR) is 139 cm³/mol. The summed E-state index contributed by atoms with van der Waals surface area (Å²) in [4.78, 5) is 9.15. The van der Waals surface area contributed by atoms with Crippen molar-refractivity contribution in [2.45, 2.75) is 50.7 Å². The zero-order valence-corrected chi connectivity index (χ0v) is 21.2. The molecular weight excluding hydrogens is 441 g/mol. The smallest absolute Gasteiger partial charge is 0.145 e. The summed E-state index contributed by atoms with van der Waals surface area (Å²) in [5.74, 6) is 0. The fourth-order valence-electron chi connectivity index (χ4n) is 4.95. The second-order valence-corrected chi connectivity index (χ2v) is 16.3. The van der Waals surface area contributed by atoms with Crippen molar-refractivity contribution in [2.24, 2.45) is 0 Å². The molecule has 0 saturated carbocycles. The number of hydrogen-bond acceptors (Lipinski definition) is 3. The topological polar surface area (TPSA) is 39.9 Å². The third kappa shape index (κ3) is 4.44. The molecular formula is C28H32FN3OSi. The lowest BCUT2D eigenvalue weighted by atomic mass is 9.78. The highest BCUT2D eigenvalue weighted by atomic mass is 28.3. The van der Waals surface area contributed by atoms with Crippen LogP contribution in [-0.4, -0.2) is 35.9 Å². The normalized spacial score (nSPS) is 15.1. The highest BCUT2D eigenvalue weighted by molar-refractivity contribution is 6.76. The van der Waals surface area contributed by atoms with Crippen molar-refractivity contribution in [3.05, 3.63) is 83.8 Å². The van der Waals surface area contributed by atoms with Crippen molar-refractivity contribution < 1.29 is 9.13 Å². The van der Waals surface area contributed by atoms with Crippen LogP contribution in [0.2, 0.25) is 25.7 Å². The van der Waals surface area contributed by atoms with Gasteiger partial charge in [0.2, 0.25) is 0 Å². The molecule has 0 radical (unpaired) electrons. The molecule has 0 unspecified atom stereocenters. The fourth-order valence-corrected chi connectivity index (χ4v) is 5.70. The maximum atomic E-state index is 14.6. The van der Waals surface area contributed by atoms with E-state index in [0.29, 0.717) is 6.73 Å². The predicted octanol–water partition coefficient (Wildman–Crippen LogP) is 6.42. The largest absolute Gasteiger partial charge is 0.361 e. The molecule has 0 aliphatic heterocycles. The fraction of sp³-hybridized carbons (Fsp3) is 0.357. The molecule has 0 atom stereocenters. The first-order valence-electron chi connectivity index (χ1n) is 12.0. The van der Waals surface area contributed by atoms with Gasteiger partial charge in [0.1, 0.15) is 18.7 Å². The lowest BCUT2D eigenvalue weighted by molar-refractivity contribution is 0.0899. The molecule has 1 aliphatic rings. The van der Waals surface area contributed by atoms with E-state index in [4.69, 9.17) is 4.74 Å². The maximum Gasteiger partial charge on any atom is 0.145 e. The number of ether oxygens (including phenoxy) is 1. The molecule has 176 valence electrons. The first-order valence-corrected chi connectivity index (χ1v) is 15.7. The molecule has 4 nitrogen and oxygen atoms in total. The Bertz CT molecular complexity index is 1290. The standard InChI is InChI=1S/C28H32FN3OSi/c1-34(2,3)14-13-33-20-32-12-11-25-26(30-19-31-27(25)32)21-9-6-10-24(15-21)28(18-29)16-22-7-4-5-8-23(22)17-28/h4-12,15,19H,13-14,16-18,20H2,1-3H3. The Hall–Kier alpha value is -2.83. The van der Waals surface area contributed by atoms with Crippen LogP contribution in [0.5, 0.6) is 0 Å². The number of fused-ring (bicyclic) bond motifs is 2. The summed E-state index contributed by atoms with van der Waals surface area (Å²) in [5, 5.41) is 0.984. The molecule has 4 aromatic rings. The van der Waals surface area contributed by atoms with Gasteiger partial charge < -0.3 is 9.30 Å². The summed E-state index contributed by atoms with van der Waals surface area (Å²) in [6.45, 7) is 7.93. The van der Waals surface area contributed by atoms with Crippen LogP contribution in [0, 0.1) is 0 Å². The molecule has 34 heavy (non-hydrogen) atoms. The number of aromatic nitrogens is 3. The number of benzene rings is 2. The average Bonchev–Trinajstić information content (AvgIpc) is 3.43. The van der Waals surface area contributed by atoms with Gasteiger partial charge in [0, 0.05) is 37.2 Å². The van der Waals surface area contributed by atoms with Crippen molar-refractivity contribution in [3.8, 4) is 11.3 Å². The minimum Gasteiger partial charge on any atom is -0.361 e. The average molecular weight is 474 g/mol. The van der Waals surface area contributed by atoms with Crippen molar-refractivity contribution in [1.29, 1.82) is 0 Å². The Kier molecular flexibility index (Phi) is 6.12. The number of nitrogens with zero attached hydrogens (tertiary/aromatic N) is 3. The van der Waals surface area contributed by atoms with E-state index in [1.807, 2.05) is 29.0 Å². The Morgan fingerprint density at radius 1 is 1.00 bits per heavy atom. The van der Waals surface area contributed by atoms with Crippen LogP contribution in [0.3, 0.4) is 0 Å². The second-order valence-electron chi connectivity index (χ2n) is 10.7. The van der Waals surface area contributed by atoms with Gasteiger partial charge in [-0.25, -0.2) is 9.97 Å². The lowest BCUT2D eigenvalue weighted by Crippen LogP contribution is -2.29. The monoisotopic (exact) mass is 473 g/mol. The van der Waals surface area contributed by atoms with Gasteiger partial charge in [-0.2, -0.15) is 0 Å². The summed E-state index contributed by atoms with van der Waals surface area (Å²) in [7, 11) is -1.12. The van der Waals surface area contributed by atoms with Crippen molar-refractivity contribution in [1.82, 2.24) is 14.5 Å². The van der Waals surface area contributed by atoms with Crippen molar-refractivity contribution >= 4 is 19.1 Å². The van der Waals surface area contributed by atoms with E-state index in [1.165, 1.54) is 11.1 Å². The summed E-state index contributed by atoms with van der Waals surface area (Å²) in [6, 6.07) is 19.8. The van der Waals surface area contributed by atoms with Gasteiger partial charge in [0.05, 0.1) is 12.4 Å². The van der Waals surface area contributed by atoms with Gasteiger partial charge in [-0.15, -0.1) is 0 Å². The molecule has 2 aromatic heterocycles. The van der Waals surface area contributed by atoms with Crippen LogP contribution in [0.4, 0.5) is 4.39 Å². The molecule has 0 N–H and O–H groups in total. The molecule has 0 saturated heterocycles. The first kappa shape index (κ1) is 22.9. The van der Waals surface area contributed by atoms with Crippen LogP contribution in [0.25, 0.3) is 22.3 Å². The quantitative estimate of drug-likeness (QED) is 0.219. The molecule has 0 spiro atoms. The molecule has 5 rings (SSSR count). The Morgan fingerprint density at radius 2 is 1.76 bits per heavy atom. The number of halogens is 1. The molecule has 2 heterocycles. The van der Waals surface area contributed by atoms with Gasteiger partial charge >= 0.3 is 0 Å². The Balaban J connectivity index is 1.43. The van der Waals surface area contributed by atoms with Crippen molar-refractivity contribution in [3.63, 3.8) is 0 Å². The van der Waals surface area contributed by atoms with Crippen LogP contribution in [0.1, 0.15) is 16.7 Å². The summed E-state index contributed by atoms with van der Waals surface area (Å²) >= 11 is 0. The molecule has 2 aromatic carbocycles. The van der Waals surface area contributed by atoms with Crippen LogP contribution in [0.15, 0.2) is 67.1 Å². The minimum atomic E-state index is -1.12. The van der Waals surface area contributed by atoms with Gasteiger partial charge in [-0.3, -0.25) is 4.39 Å². The van der Waals surface area contributed by atoms with E-state index in [9.17, 15) is 4.39 Å². The summed E-state index contributed by atoms with van der Waals surface area (Å²) in [5.41, 5.74) is 5.74. The first-order chi connectivity index (χ1) is 16.4. The molecule has 0 amide bonds. The zero-order valence-electron chi connectivity index (χ0n) is 20.2. The zero-order chi connectivity index (χ0) is 23.8. The maximum absolute atomic E-state index is 14.6. The Morgan fingerprint density at radius 3 is 2.47 bits per heavy atom. The minimum absolute atomic E-state index is 0.380. The van der Waals surface area contributed by atoms with E-state index in [0.717, 1.165) is 53.3 Å². The van der Waals surface area contributed by atoms with E-state index in [-0.39, 0.29) is 6.67 Å². The third-order valence-electron chi connectivity index (χ3n) is 6.96. The van der Waals surface area contributed by atoms with Crippen molar-refractivity contribution in [2.75, 3.05) is 13.3 Å². The highest BCUT2D eigenvalue weighted by Crippen LogP contribution is 2.41. The van der Waals surface area contributed by atoms with E-state index >= 15 is 0 Å². The molecule has 0 bridgehead atoms. The van der Waals surface area contributed by atoms with Crippen LogP contribution in [-0.2, 0) is 29.7 Å². The molecule has 0 fully saturated rings. The Labute approximate surface area is 201 Å². The number of alkyl halides is 1. The second kappa shape index (κ2) is 9.08. The van der Waals surface area contributed by atoms with E-state index < -0.39 is 13.5 Å². The lowest BCUT2D eigenvalue weighted by Gasteiger charge is -2.26. The summed E-state index contributed by atoms with van der Waals surface area (Å²) < 4.78 is 22.6.